The van der Waals surface area contributed by atoms with Gasteiger partial charge in [0.2, 0.25) is 0 Å². The van der Waals surface area contributed by atoms with Crippen LogP contribution in [0, 0.1) is 20.8 Å². The van der Waals surface area contributed by atoms with Crippen molar-refractivity contribution >= 4 is 39.2 Å². The number of hydrogen-bond acceptors (Lipinski definition) is 7. The number of aliphatic hydroxyl groups is 1. The molecule has 0 saturated carbocycles. The second-order valence-corrected chi connectivity index (χ2v) is 7.88. The summed E-state index contributed by atoms with van der Waals surface area (Å²) in [5.41, 5.74) is 2.42. The van der Waals surface area contributed by atoms with Gasteiger partial charge in [-0.2, -0.15) is 0 Å². The number of anilines is 1. The van der Waals surface area contributed by atoms with Gasteiger partial charge in [-0.3, -0.25) is 4.79 Å². The predicted molar refractivity (Wildman–Crippen MR) is 111 cm³/mol. The molecule has 152 valence electrons. The molecule has 0 aliphatic heterocycles. The van der Waals surface area contributed by atoms with Crippen LogP contribution in [0.2, 0.25) is 0 Å². The van der Waals surface area contributed by atoms with E-state index in [1.165, 1.54) is 4.88 Å². The molecule has 0 aliphatic carbocycles. The minimum Gasteiger partial charge on any atom is -0.480 e. The zero-order chi connectivity index (χ0) is 21.1. The van der Waals surface area contributed by atoms with E-state index in [4.69, 9.17) is 10.2 Å². The molecule has 0 spiro atoms. The van der Waals surface area contributed by atoms with Gasteiger partial charge in [0, 0.05) is 17.0 Å². The zero-order valence-corrected chi connectivity index (χ0v) is 17.1. The van der Waals surface area contributed by atoms with Crippen molar-refractivity contribution in [1.82, 2.24) is 15.3 Å². The number of carbonyl (C=O) groups excluding carboxylic acids is 1. The van der Waals surface area contributed by atoms with E-state index in [1.807, 2.05) is 6.92 Å². The smallest absolute Gasteiger partial charge is 0.328 e. The number of hydrogen-bond donors (Lipinski definition) is 4. The van der Waals surface area contributed by atoms with Gasteiger partial charge < -0.3 is 20.8 Å². The van der Waals surface area contributed by atoms with E-state index in [1.54, 1.807) is 35.6 Å². The lowest BCUT2D eigenvalue weighted by Crippen LogP contribution is -2.43. The molecule has 2 heterocycles. The summed E-state index contributed by atoms with van der Waals surface area (Å²) in [6, 6.07) is 5.47. The van der Waals surface area contributed by atoms with E-state index in [2.05, 4.69) is 34.4 Å². The van der Waals surface area contributed by atoms with Crippen LogP contribution in [-0.4, -0.2) is 44.7 Å². The molecule has 0 radical (unpaired) electrons. The summed E-state index contributed by atoms with van der Waals surface area (Å²) in [6.45, 7) is 5.82. The van der Waals surface area contributed by atoms with Crippen molar-refractivity contribution in [2.75, 3.05) is 11.9 Å². The largest absolute Gasteiger partial charge is 0.480 e. The molecule has 4 N–H and O–H groups in total. The number of carboxylic acids is 1. The third-order valence-corrected chi connectivity index (χ3v) is 5.70. The van der Waals surface area contributed by atoms with E-state index in [9.17, 15) is 9.59 Å². The number of nitrogens with zero attached hydrogens (tertiary/aromatic N) is 2. The number of nitrogens with one attached hydrogen (secondary N) is 2. The Morgan fingerprint density at radius 3 is 2.45 bits per heavy atom. The first kappa shape index (κ1) is 20.7. The number of carbonyl (C=O) groups is 2. The number of amides is 1. The quantitative estimate of drug-likeness (QED) is 0.468. The van der Waals surface area contributed by atoms with Gasteiger partial charge in [-0.1, -0.05) is 12.1 Å². The number of fused-ring (bicyclic) bond motifs is 1. The van der Waals surface area contributed by atoms with Gasteiger partial charge in [-0.25, -0.2) is 14.8 Å². The fourth-order valence-electron chi connectivity index (χ4n) is 2.87. The lowest BCUT2D eigenvalue weighted by atomic mass is 10.1. The summed E-state index contributed by atoms with van der Waals surface area (Å²) in [6.07, 6.45) is 0. The topological polar surface area (TPSA) is 124 Å². The average molecular weight is 414 g/mol. The van der Waals surface area contributed by atoms with Crippen molar-refractivity contribution in [3.05, 3.63) is 51.7 Å². The molecule has 8 nitrogen and oxygen atoms in total. The van der Waals surface area contributed by atoms with Crippen molar-refractivity contribution in [1.29, 1.82) is 0 Å². The number of thiophene rings is 1. The number of aliphatic hydroxyl groups excluding tert-OH is 1. The van der Waals surface area contributed by atoms with Gasteiger partial charge in [0.05, 0.1) is 12.0 Å². The Morgan fingerprint density at radius 2 is 1.83 bits per heavy atom. The van der Waals surface area contributed by atoms with E-state index >= 15 is 0 Å². The van der Waals surface area contributed by atoms with Crippen LogP contribution in [0.15, 0.2) is 24.3 Å². The third-order valence-electron chi connectivity index (χ3n) is 4.60. The monoisotopic (exact) mass is 414 g/mol. The van der Waals surface area contributed by atoms with Crippen molar-refractivity contribution < 1.29 is 19.8 Å². The van der Waals surface area contributed by atoms with E-state index in [0.29, 0.717) is 17.9 Å². The fourth-order valence-corrected chi connectivity index (χ4v) is 3.95. The number of benzene rings is 1. The summed E-state index contributed by atoms with van der Waals surface area (Å²) in [5, 5.41) is 24.6. The molecule has 9 heteroatoms. The Kier molecular flexibility index (Phi) is 6.09. The molecule has 1 amide bonds. The highest BCUT2D eigenvalue weighted by Gasteiger charge is 2.19. The van der Waals surface area contributed by atoms with E-state index in [-0.39, 0.29) is 0 Å². The fraction of sp³-hybridized carbons (Fsp3) is 0.300. The van der Waals surface area contributed by atoms with Crippen LogP contribution >= 0.6 is 11.3 Å². The summed E-state index contributed by atoms with van der Waals surface area (Å²) < 4.78 is 0. The minimum absolute atomic E-state index is 0.318. The summed E-state index contributed by atoms with van der Waals surface area (Å²) in [5.74, 6) is -0.357. The highest BCUT2D eigenvalue weighted by atomic mass is 32.1. The van der Waals surface area contributed by atoms with Gasteiger partial charge in [0.25, 0.3) is 5.91 Å². The second kappa shape index (κ2) is 8.54. The van der Waals surface area contributed by atoms with Crippen LogP contribution in [0.25, 0.3) is 10.2 Å². The van der Waals surface area contributed by atoms with Crippen LogP contribution in [0.1, 0.15) is 32.2 Å². The van der Waals surface area contributed by atoms with Gasteiger partial charge in [-0.05, 0) is 44.0 Å². The Balaban J connectivity index is 1.72. The minimum atomic E-state index is -1.33. The standard InChI is InChI=1S/C20H22N4O4S/c1-10-11(2)29-19-16(10)17(22-12(3)23-19)21-8-13-4-6-14(7-5-13)18(26)24-15(9-25)20(27)28/h4-7,15,25H,8-9H2,1-3H3,(H,24,26)(H,27,28)(H,21,22,23). The maximum absolute atomic E-state index is 12.1. The number of rotatable bonds is 7. The Morgan fingerprint density at radius 1 is 1.14 bits per heavy atom. The third kappa shape index (κ3) is 4.52. The molecule has 3 aromatic rings. The van der Waals surface area contributed by atoms with Gasteiger partial charge >= 0.3 is 5.97 Å². The molecule has 0 aliphatic rings. The van der Waals surface area contributed by atoms with Gasteiger partial charge in [0.15, 0.2) is 6.04 Å². The van der Waals surface area contributed by atoms with Crippen LogP contribution < -0.4 is 10.6 Å². The SMILES string of the molecule is Cc1nc(NCc2ccc(C(=O)NC(CO)C(=O)O)cc2)c2c(C)c(C)sc2n1. The highest BCUT2D eigenvalue weighted by molar-refractivity contribution is 7.18. The van der Waals surface area contributed by atoms with E-state index in [0.717, 1.165) is 27.2 Å². The molecule has 1 aromatic carbocycles. The van der Waals surface area contributed by atoms with Gasteiger partial charge in [0.1, 0.15) is 16.5 Å². The number of carboxylic acid groups (broad SMARTS) is 1. The molecular formula is C20H22N4O4S. The first-order valence-corrected chi connectivity index (χ1v) is 9.83. The maximum Gasteiger partial charge on any atom is 0.328 e. The van der Waals surface area contributed by atoms with Gasteiger partial charge in [-0.15, -0.1) is 11.3 Å². The Hall–Kier alpha value is -3.04. The summed E-state index contributed by atoms with van der Waals surface area (Å²) >= 11 is 1.65. The van der Waals surface area contributed by atoms with Crippen molar-refractivity contribution in [2.24, 2.45) is 0 Å². The van der Waals surface area contributed by atoms with E-state index < -0.39 is 24.5 Å². The molecule has 0 fully saturated rings. The van der Waals surface area contributed by atoms with Crippen LogP contribution in [0.4, 0.5) is 5.82 Å². The average Bonchev–Trinajstić information content (AvgIpc) is 2.97. The molecule has 2 aromatic heterocycles. The Labute approximate surface area is 171 Å². The number of aromatic nitrogens is 2. The van der Waals surface area contributed by atoms with Crippen molar-refractivity contribution in [3.63, 3.8) is 0 Å². The number of aryl methyl sites for hydroxylation is 3. The van der Waals surface area contributed by atoms with Crippen LogP contribution in [0.3, 0.4) is 0 Å². The van der Waals surface area contributed by atoms with Crippen molar-refractivity contribution in [3.8, 4) is 0 Å². The first-order valence-electron chi connectivity index (χ1n) is 9.01. The number of aliphatic carboxylic acids is 1. The lowest BCUT2D eigenvalue weighted by Gasteiger charge is -2.12. The molecule has 3 rings (SSSR count). The summed E-state index contributed by atoms with van der Waals surface area (Å²) in [7, 11) is 0. The molecule has 0 saturated heterocycles. The lowest BCUT2D eigenvalue weighted by molar-refractivity contribution is -0.140. The molecule has 1 unspecified atom stereocenters. The Bertz CT molecular complexity index is 1060. The van der Waals surface area contributed by atoms with Crippen LogP contribution in [0.5, 0.6) is 0 Å². The maximum atomic E-state index is 12.1. The summed E-state index contributed by atoms with van der Waals surface area (Å²) in [4.78, 5) is 34.2. The second-order valence-electron chi connectivity index (χ2n) is 6.68. The van der Waals surface area contributed by atoms with Crippen molar-refractivity contribution in [2.45, 2.75) is 33.4 Å². The predicted octanol–water partition coefficient (Wildman–Crippen LogP) is 2.40. The molecular weight excluding hydrogens is 392 g/mol. The van der Waals surface area contributed by atoms with Crippen LogP contribution in [-0.2, 0) is 11.3 Å². The normalized spacial score (nSPS) is 12.0. The molecule has 0 bridgehead atoms. The highest BCUT2D eigenvalue weighted by Crippen LogP contribution is 2.33. The molecule has 29 heavy (non-hydrogen) atoms. The molecule has 1 atom stereocenters. The zero-order valence-electron chi connectivity index (χ0n) is 16.3. The first-order chi connectivity index (χ1) is 13.8.